The Kier molecular flexibility index (Phi) is 5.36. The van der Waals surface area contributed by atoms with Crippen LogP contribution in [0.25, 0.3) is 0 Å². The van der Waals surface area contributed by atoms with Crippen LogP contribution in [0.2, 0.25) is 0 Å². The van der Waals surface area contributed by atoms with Crippen LogP contribution in [0.3, 0.4) is 0 Å². The van der Waals surface area contributed by atoms with Gasteiger partial charge in [0.1, 0.15) is 11.6 Å². The molecule has 0 aliphatic heterocycles. The fraction of sp³-hybridized carbons (Fsp3) is 0.235. The summed E-state index contributed by atoms with van der Waals surface area (Å²) in [6, 6.07) is 11.6. The van der Waals surface area contributed by atoms with Crippen molar-refractivity contribution >= 4 is 17.3 Å². The molecule has 0 saturated heterocycles. The first kappa shape index (κ1) is 15.8. The Morgan fingerprint density at radius 1 is 1.23 bits per heavy atom. The Labute approximate surface area is 129 Å². The minimum Gasteiger partial charge on any atom is -0.495 e. The second-order valence-electron chi connectivity index (χ2n) is 4.94. The van der Waals surface area contributed by atoms with Gasteiger partial charge < -0.3 is 15.4 Å². The maximum absolute atomic E-state index is 13.0. The Morgan fingerprint density at radius 3 is 2.77 bits per heavy atom. The largest absolute Gasteiger partial charge is 0.495 e. The Balaban J connectivity index is 1.86. The van der Waals surface area contributed by atoms with Gasteiger partial charge >= 0.3 is 0 Å². The zero-order valence-electron chi connectivity index (χ0n) is 12.7. The van der Waals surface area contributed by atoms with E-state index in [2.05, 4.69) is 10.6 Å². The highest BCUT2D eigenvalue weighted by atomic mass is 19.1. The lowest BCUT2D eigenvalue weighted by Crippen LogP contribution is -2.16. The number of ether oxygens (including phenoxy) is 1. The number of aryl methyl sites for hydroxylation is 1. The molecule has 4 nitrogen and oxygen atoms in total. The molecule has 0 aliphatic rings. The number of rotatable bonds is 6. The lowest BCUT2D eigenvalue weighted by atomic mass is 10.2. The quantitative estimate of drug-likeness (QED) is 0.857. The maximum Gasteiger partial charge on any atom is 0.226 e. The van der Waals surface area contributed by atoms with E-state index in [9.17, 15) is 9.18 Å². The number of hydrogen-bond donors (Lipinski definition) is 2. The van der Waals surface area contributed by atoms with Gasteiger partial charge in [-0.2, -0.15) is 0 Å². The number of halogens is 1. The van der Waals surface area contributed by atoms with Gasteiger partial charge in [-0.05, 0) is 42.8 Å². The standard InChI is InChI=1S/C17H19FN2O2/c1-12-6-7-16(22-2)15(10-12)19-9-8-17(21)20-14-5-3-4-13(18)11-14/h3-7,10-11,19H,8-9H2,1-2H3,(H,20,21). The monoisotopic (exact) mass is 302 g/mol. The van der Waals surface area contributed by atoms with Crippen molar-refractivity contribution in [3.63, 3.8) is 0 Å². The van der Waals surface area contributed by atoms with Crippen molar-refractivity contribution in [1.29, 1.82) is 0 Å². The molecule has 22 heavy (non-hydrogen) atoms. The van der Waals surface area contributed by atoms with Gasteiger partial charge in [0.05, 0.1) is 12.8 Å². The van der Waals surface area contributed by atoms with Gasteiger partial charge in [0.25, 0.3) is 0 Å². The zero-order chi connectivity index (χ0) is 15.9. The van der Waals surface area contributed by atoms with E-state index in [-0.39, 0.29) is 18.1 Å². The first-order valence-electron chi connectivity index (χ1n) is 7.02. The van der Waals surface area contributed by atoms with Crippen LogP contribution in [0, 0.1) is 12.7 Å². The highest BCUT2D eigenvalue weighted by Crippen LogP contribution is 2.25. The van der Waals surface area contributed by atoms with Crippen LogP contribution in [-0.4, -0.2) is 19.6 Å². The van der Waals surface area contributed by atoms with E-state index in [1.54, 1.807) is 19.2 Å². The van der Waals surface area contributed by atoms with E-state index in [0.29, 0.717) is 12.2 Å². The summed E-state index contributed by atoms with van der Waals surface area (Å²) < 4.78 is 18.3. The fourth-order valence-corrected chi connectivity index (χ4v) is 2.06. The smallest absolute Gasteiger partial charge is 0.226 e. The second kappa shape index (κ2) is 7.45. The average Bonchev–Trinajstić information content (AvgIpc) is 2.47. The maximum atomic E-state index is 13.0. The molecular formula is C17H19FN2O2. The average molecular weight is 302 g/mol. The Bertz CT molecular complexity index is 659. The van der Waals surface area contributed by atoms with Crippen molar-refractivity contribution in [2.45, 2.75) is 13.3 Å². The van der Waals surface area contributed by atoms with Crippen LogP contribution in [0.15, 0.2) is 42.5 Å². The van der Waals surface area contributed by atoms with Crippen LogP contribution in [0.5, 0.6) is 5.75 Å². The first-order valence-corrected chi connectivity index (χ1v) is 7.02. The van der Waals surface area contributed by atoms with Gasteiger partial charge in [-0.3, -0.25) is 4.79 Å². The van der Waals surface area contributed by atoms with Gasteiger partial charge in [-0.15, -0.1) is 0 Å². The number of anilines is 2. The fourth-order valence-electron chi connectivity index (χ4n) is 2.06. The zero-order valence-corrected chi connectivity index (χ0v) is 12.7. The molecule has 0 aromatic heterocycles. The lowest BCUT2D eigenvalue weighted by molar-refractivity contribution is -0.115. The van der Waals surface area contributed by atoms with Crippen LogP contribution in [-0.2, 0) is 4.79 Å². The molecule has 0 bridgehead atoms. The summed E-state index contributed by atoms with van der Waals surface area (Å²) in [4.78, 5) is 11.8. The van der Waals surface area contributed by atoms with Crippen molar-refractivity contribution in [3.8, 4) is 5.75 Å². The van der Waals surface area contributed by atoms with Crippen molar-refractivity contribution in [1.82, 2.24) is 0 Å². The molecule has 116 valence electrons. The molecule has 0 unspecified atom stereocenters. The molecule has 0 radical (unpaired) electrons. The summed E-state index contributed by atoms with van der Waals surface area (Å²) in [5.74, 6) is 0.182. The van der Waals surface area contributed by atoms with Crippen LogP contribution < -0.4 is 15.4 Å². The minimum atomic E-state index is -0.375. The molecule has 2 rings (SSSR count). The predicted molar refractivity (Wildman–Crippen MR) is 85.9 cm³/mol. The van der Waals surface area contributed by atoms with E-state index >= 15 is 0 Å². The summed E-state index contributed by atoms with van der Waals surface area (Å²) in [5.41, 5.74) is 2.41. The SMILES string of the molecule is COc1ccc(C)cc1NCCC(=O)Nc1cccc(F)c1. The van der Waals surface area contributed by atoms with Gasteiger partial charge in [-0.25, -0.2) is 4.39 Å². The van der Waals surface area contributed by atoms with E-state index in [1.165, 1.54) is 12.1 Å². The van der Waals surface area contributed by atoms with E-state index < -0.39 is 0 Å². The van der Waals surface area contributed by atoms with Gasteiger partial charge in [0, 0.05) is 18.7 Å². The highest BCUT2D eigenvalue weighted by Gasteiger charge is 2.06. The van der Waals surface area contributed by atoms with Crippen LogP contribution in [0.4, 0.5) is 15.8 Å². The lowest BCUT2D eigenvalue weighted by Gasteiger charge is -2.12. The molecule has 0 spiro atoms. The molecule has 2 N–H and O–H groups in total. The highest BCUT2D eigenvalue weighted by molar-refractivity contribution is 5.91. The molecule has 0 saturated carbocycles. The van der Waals surface area contributed by atoms with Crippen molar-refractivity contribution in [3.05, 3.63) is 53.8 Å². The molecule has 5 heteroatoms. The number of benzene rings is 2. The normalized spacial score (nSPS) is 10.1. The third kappa shape index (κ3) is 4.48. The molecule has 0 fully saturated rings. The number of methoxy groups -OCH3 is 1. The third-order valence-corrected chi connectivity index (χ3v) is 3.13. The Hall–Kier alpha value is -2.56. The van der Waals surface area contributed by atoms with E-state index in [0.717, 1.165) is 17.0 Å². The summed E-state index contributed by atoms with van der Waals surface area (Å²) in [6.45, 7) is 2.45. The molecule has 1 amide bonds. The van der Waals surface area contributed by atoms with Gasteiger partial charge in [0.2, 0.25) is 5.91 Å². The summed E-state index contributed by atoms with van der Waals surface area (Å²) in [5, 5.41) is 5.83. The molecule has 2 aromatic rings. The predicted octanol–water partition coefficient (Wildman–Crippen LogP) is 3.58. The summed E-state index contributed by atoms with van der Waals surface area (Å²) in [6.07, 6.45) is 0.271. The van der Waals surface area contributed by atoms with Crippen molar-refractivity contribution in [2.24, 2.45) is 0 Å². The van der Waals surface area contributed by atoms with E-state index in [4.69, 9.17) is 4.74 Å². The van der Waals surface area contributed by atoms with Crippen LogP contribution >= 0.6 is 0 Å². The van der Waals surface area contributed by atoms with Gasteiger partial charge in [-0.1, -0.05) is 12.1 Å². The topological polar surface area (TPSA) is 50.4 Å². The van der Waals surface area contributed by atoms with Crippen molar-refractivity contribution in [2.75, 3.05) is 24.3 Å². The second-order valence-corrected chi connectivity index (χ2v) is 4.94. The summed E-state index contributed by atoms with van der Waals surface area (Å²) >= 11 is 0. The molecular weight excluding hydrogens is 283 g/mol. The van der Waals surface area contributed by atoms with E-state index in [1.807, 2.05) is 25.1 Å². The number of carbonyl (C=O) groups is 1. The minimum absolute atomic E-state index is 0.176. The molecule has 0 aliphatic carbocycles. The molecule has 2 aromatic carbocycles. The third-order valence-electron chi connectivity index (χ3n) is 3.13. The number of nitrogens with one attached hydrogen (secondary N) is 2. The van der Waals surface area contributed by atoms with Gasteiger partial charge in [0.15, 0.2) is 0 Å². The summed E-state index contributed by atoms with van der Waals surface area (Å²) in [7, 11) is 1.60. The number of amides is 1. The number of carbonyl (C=O) groups excluding carboxylic acids is 1. The molecule has 0 heterocycles. The molecule has 0 atom stereocenters. The van der Waals surface area contributed by atoms with Crippen LogP contribution in [0.1, 0.15) is 12.0 Å². The van der Waals surface area contributed by atoms with Crippen molar-refractivity contribution < 1.29 is 13.9 Å². The first-order chi connectivity index (χ1) is 10.6. The Morgan fingerprint density at radius 2 is 2.05 bits per heavy atom. The number of hydrogen-bond acceptors (Lipinski definition) is 3.